The zero-order chi connectivity index (χ0) is 22.2. The van der Waals surface area contributed by atoms with Crippen molar-refractivity contribution < 1.29 is 4.42 Å². The molecule has 0 aliphatic heterocycles. The second-order valence-corrected chi connectivity index (χ2v) is 9.53. The van der Waals surface area contributed by atoms with E-state index >= 15 is 0 Å². The summed E-state index contributed by atoms with van der Waals surface area (Å²) >= 11 is 0. The molecule has 2 heteroatoms. The Hall–Kier alpha value is -4.04. The highest BCUT2D eigenvalue weighted by Crippen LogP contribution is 2.49. The summed E-state index contributed by atoms with van der Waals surface area (Å²) in [6, 6.07) is 34.6. The number of benzene rings is 5. The van der Waals surface area contributed by atoms with Gasteiger partial charge >= 0.3 is 0 Å². The van der Waals surface area contributed by atoms with Crippen LogP contribution in [0.5, 0.6) is 0 Å². The highest BCUT2D eigenvalue weighted by molar-refractivity contribution is 6.15. The van der Waals surface area contributed by atoms with Gasteiger partial charge in [0.05, 0.1) is 0 Å². The number of rotatable bonds is 2. The number of furan rings is 1. The summed E-state index contributed by atoms with van der Waals surface area (Å²) in [5, 5.41) is 8.27. The predicted molar refractivity (Wildman–Crippen MR) is 139 cm³/mol. The van der Waals surface area contributed by atoms with E-state index < -0.39 is 0 Å². The zero-order valence-electron chi connectivity index (χ0n) is 18.6. The Bertz CT molecular complexity index is 1720. The fourth-order valence-electron chi connectivity index (χ4n) is 5.53. The van der Waals surface area contributed by atoms with Gasteiger partial charge in [0.15, 0.2) is 0 Å². The highest BCUT2D eigenvalue weighted by atomic mass is 16.3. The average molecular weight is 426 g/mol. The van der Waals surface area contributed by atoms with Crippen molar-refractivity contribution in [2.75, 3.05) is 5.32 Å². The third-order valence-electron chi connectivity index (χ3n) is 7.24. The quantitative estimate of drug-likeness (QED) is 0.300. The normalized spacial score (nSPS) is 14.0. The van der Waals surface area contributed by atoms with Crippen molar-refractivity contribution in [3.8, 4) is 11.1 Å². The van der Waals surface area contributed by atoms with Crippen LogP contribution in [0.1, 0.15) is 25.0 Å². The molecule has 0 saturated heterocycles. The molecule has 158 valence electrons. The molecule has 2 nitrogen and oxygen atoms in total. The minimum absolute atomic E-state index is 0.00658. The van der Waals surface area contributed by atoms with E-state index in [-0.39, 0.29) is 5.41 Å². The molecule has 0 spiro atoms. The molecule has 0 amide bonds. The lowest BCUT2D eigenvalue weighted by atomic mass is 9.82. The molecule has 0 saturated carbocycles. The third-order valence-corrected chi connectivity index (χ3v) is 7.24. The van der Waals surface area contributed by atoms with E-state index in [0.717, 1.165) is 38.7 Å². The zero-order valence-corrected chi connectivity index (χ0v) is 18.6. The maximum atomic E-state index is 6.35. The number of hydrogen-bond donors (Lipinski definition) is 1. The van der Waals surface area contributed by atoms with Gasteiger partial charge in [-0.3, -0.25) is 0 Å². The molecule has 33 heavy (non-hydrogen) atoms. The van der Waals surface area contributed by atoms with Crippen LogP contribution < -0.4 is 5.32 Å². The lowest BCUT2D eigenvalue weighted by Crippen LogP contribution is -2.15. The Morgan fingerprint density at radius 1 is 0.606 bits per heavy atom. The maximum Gasteiger partial charge on any atom is 0.143 e. The minimum Gasteiger partial charge on any atom is -0.455 e. The van der Waals surface area contributed by atoms with E-state index in [1.807, 2.05) is 0 Å². The Morgan fingerprint density at radius 3 is 2.27 bits per heavy atom. The molecule has 6 aromatic rings. The van der Waals surface area contributed by atoms with Gasteiger partial charge in [0.25, 0.3) is 0 Å². The molecule has 0 atom stereocenters. The van der Waals surface area contributed by atoms with Crippen molar-refractivity contribution in [2.45, 2.75) is 19.3 Å². The van der Waals surface area contributed by atoms with Crippen molar-refractivity contribution in [1.29, 1.82) is 0 Å². The van der Waals surface area contributed by atoms with Gasteiger partial charge in [-0.25, -0.2) is 0 Å². The van der Waals surface area contributed by atoms with Crippen molar-refractivity contribution in [1.82, 2.24) is 0 Å². The van der Waals surface area contributed by atoms with Crippen LogP contribution in [-0.2, 0) is 5.41 Å². The van der Waals surface area contributed by atoms with Crippen molar-refractivity contribution in [3.05, 3.63) is 108 Å². The summed E-state index contributed by atoms with van der Waals surface area (Å²) in [4.78, 5) is 0. The van der Waals surface area contributed by atoms with Gasteiger partial charge in [0.2, 0.25) is 0 Å². The molecule has 0 radical (unpaired) electrons. The maximum absolute atomic E-state index is 6.35. The lowest BCUT2D eigenvalue weighted by Gasteiger charge is -2.22. The first-order chi connectivity index (χ1) is 16.1. The van der Waals surface area contributed by atoms with Crippen LogP contribution in [0.25, 0.3) is 43.8 Å². The summed E-state index contributed by atoms with van der Waals surface area (Å²) in [6.07, 6.45) is 0. The fraction of sp³-hybridized carbons (Fsp3) is 0.0968. The Balaban J connectivity index is 1.30. The van der Waals surface area contributed by atoms with Crippen LogP contribution in [0.2, 0.25) is 0 Å². The first kappa shape index (κ1) is 18.5. The molecule has 0 unspecified atom stereocenters. The largest absolute Gasteiger partial charge is 0.455 e. The summed E-state index contributed by atoms with van der Waals surface area (Å²) in [5.74, 6) is 0. The first-order valence-corrected chi connectivity index (χ1v) is 11.4. The van der Waals surface area contributed by atoms with E-state index in [1.165, 1.54) is 27.6 Å². The molecule has 7 rings (SSSR count). The second-order valence-electron chi connectivity index (χ2n) is 9.53. The second kappa shape index (κ2) is 6.49. The fourth-order valence-corrected chi connectivity index (χ4v) is 5.53. The Labute approximate surface area is 192 Å². The van der Waals surface area contributed by atoms with Gasteiger partial charge in [0, 0.05) is 39.0 Å². The Morgan fingerprint density at radius 2 is 1.33 bits per heavy atom. The monoisotopic (exact) mass is 425 g/mol. The Kier molecular flexibility index (Phi) is 3.64. The molecule has 1 aliphatic rings. The van der Waals surface area contributed by atoms with Crippen LogP contribution in [0.15, 0.2) is 101 Å². The van der Waals surface area contributed by atoms with E-state index in [1.54, 1.807) is 0 Å². The topological polar surface area (TPSA) is 25.2 Å². The van der Waals surface area contributed by atoms with Crippen molar-refractivity contribution >= 4 is 44.1 Å². The number of nitrogens with one attached hydrogen (secondary N) is 1. The molecule has 1 heterocycles. The number of hydrogen-bond acceptors (Lipinski definition) is 2. The molecular formula is C31H23NO. The van der Waals surface area contributed by atoms with Crippen LogP contribution in [-0.4, -0.2) is 0 Å². The summed E-state index contributed by atoms with van der Waals surface area (Å²) in [5.41, 5.74) is 9.42. The predicted octanol–water partition coefficient (Wildman–Crippen LogP) is 8.79. The summed E-state index contributed by atoms with van der Waals surface area (Å²) < 4.78 is 6.35. The summed E-state index contributed by atoms with van der Waals surface area (Å²) in [6.45, 7) is 4.62. The van der Waals surface area contributed by atoms with Gasteiger partial charge in [-0.2, -0.15) is 0 Å². The van der Waals surface area contributed by atoms with Gasteiger partial charge in [-0.05, 0) is 58.0 Å². The molecule has 1 aliphatic carbocycles. The molecule has 1 aromatic heterocycles. The average Bonchev–Trinajstić information content (AvgIpc) is 3.32. The molecule has 1 N–H and O–H groups in total. The van der Waals surface area contributed by atoms with Gasteiger partial charge in [0.1, 0.15) is 11.2 Å². The van der Waals surface area contributed by atoms with Crippen molar-refractivity contribution in [2.24, 2.45) is 0 Å². The van der Waals surface area contributed by atoms with Crippen molar-refractivity contribution in [3.63, 3.8) is 0 Å². The number of fused-ring (bicyclic) bond motifs is 8. The van der Waals surface area contributed by atoms with Gasteiger partial charge in [-0.1, -0.05) is 74.5 Å². The minimum atomic E-state index is -0.00658. The standard InChI is InChI=1S/C31H23NO/c1-31(2)27-10-6-5-9-23(27)24-15-12-20(17-28(24)31)32-21-13-16-25-26-14-11-19-7-3-4-8-22(19)30(26)33-29(25)18-21/h3-18,32H,1-2H3. The first-order valence-electron chi connectivity index (χ1n) is 11.4. The SMILES string of the molecule is CC1(C)c2ccccc2-c2ccc(Nc3ccc4c(c3)oc3c5ccccc5ccc43)cc21. The van der Waals surface area contributed by atoms with Crippen LogP contribution in [0.4, 0.5) is 11.4 Å². The smallest absolute Gasteiger partial charge is 0.143 e. The van der Waals surface area contributed by atoms with E-state index in [0.29, 0.717) is 0 Å². The molecule has 5 aromatic carbocycles. The molecule has 0 bridgehead atoms. The third kappa shape index (κ3) is 2.61. The summed E-state index contributed by atoms with van der Waals surface area (Å²) in [7, 11) is 0. The molecular weight excluding hydrogens is 402 g/mol. The lowest BCUT2D eigenvalue weighted by molar-refractivity contribution is 0.660. The van der Waals surface area contributed by atoms with Gasteiger partial charge < -0.3 is 9.73 Å². The molecule has 0 fully saturated rings. The number of anilines is 2. The van der Waals surface area contributed by atoms with Crippen LogP contribution in [0, 0.1) is 0 Å². The van der Waals surface area contributed by atoms with E-state index in [2.05, 4.69) is 116 Å². The van der Waals surface area contributed by atoms with Crippen LogP contribution >= 0.6 is 0 Å². The van der Waals surface area contributed by atoms with E-state index in [9.17, 15) is 0 Å². The van der Waals surface area contributed by atoms with Gasteiger partial charge in [-0.15, -0.1) is 0 Å². The highest BCUT2D eigenvalue weighted by Gasteiger charge is 2.35. The van der Waals surface area contributed by atoms with Crippen LogP contribution in [0.3, 0.4) is 0 Å². The van der Waals surface area contributed by atoms with E-state index in [4.69, 9.17) is 4.42 Å².